The van der Waals surface area contributed by atoms with Crippen molar-refractivity contribution >= 4 is 5.97 Å². The van der Waals surface area contributed by atoms with Crippen molar-refractivity contribution < 1.29 is 14.3 Å². The maximum absolute atomic E-state index is 12.3. The number of rotatable bonds is 3. The highest BCUT2D eigenvalue weighted by Gasteiger charge is 2.40. The Hall–Kier alpha value is -1.61. The van der Waals surface area contributed by atoms with E-state index in [1.54, 1.807) is 0 Å². The Morgan fingerprint density at radius 1 is 1.35 bits per heavy atom. The molecule has 3 rings (SSSR count). The van der Waals surface area contributed by atoms with Crippen LogP contribution in [-0.4, -0.2) is 19.2 Å². The molecule has 0 spiro atoms. The summed E-state index contributed by atoms with van der Waals surface area (Å²) in [5.74, 6) is -0.211. The number of ether oxygens (including phenoxy) is 2. The van der Waals surface area contributed by atoms with Gasteiger partial charge in [-0.3, -0.25) is 0 Å². The fourth-order valence-electron chi connectivity index (χ4n) is 3.24. The Morgan fingerprint density at radius 2 is 2.15 bits per heavy atom. The second kappa shape index (κ2) is 5.41. The maximum Gasteiger partial charge on any atom is 0.336 e. The summed E-state index contributed by atoms with van der Waals surface area (Å²) in [6.07, 6.45) is 3.26. The van der Waals surface area contributed by atoms with Gasteiger partial charge in [0.2, 0.25) is 0 Å². The van der Waals surface area contributed by atoms with E-state index in [1.807, 2.05) is 30.3 Å². The summed E-state index contributed by atoms with van der Waals surface area (Å²) in [6, 6.07) is 9.77. The zero-order valence-corrected chi connectivity index (χ0v) is 11.9. The normalized spacial score (nSPS) is 25.4. The second-order valence-electron chi connectivity index (χ2n) is 5.93. The SMILES string of the molecule is CC12CCCC1=C(C(=O)OCc1ccccc1)COC2. The summed E-state index contributed by atoms with van der Waals surface area (Å²) >= 11 is 0. The number of fused-ring (bicyclic) bond motifs is 1. The first-order valence-corrected chi connectivity index (χ1v) is 7.20. The number of hydrogen-bond acceptors (Lipinski definition) is 3. The van der Waals surface area contributed by atoms with E-state index < -0.39 is 0 Å². The van der Waals surface area contributed by atoms with Gasteiger partial charge < -0.3 is 9.47 Å². The van der Waals surface area contributed by atoms with Crippen molar-refractivity contribution in [3.63, 3.8) is 0 Å². The second-order valence-corrected chi connectivity index (χ2v) is 5.93. The van der Waals surface area contributed by atoms with Crippen LogP contribution in [0.4, 0.5) is 0 Å². The lowest BCUT2D eigenvalue weighted by Gasteiger charge is -2.32. The predicted octanol–water partition coefficient (Wildman–Crippen LogP) is 3.25. The van der Waals surface area contributed by atoms with Crippen LogP contribution in [0.1, 0.15) is 31.7 Å². The van der Waals surface area contributed by atoms with Gasteiger partial charge >= 0.3 is 5.97 Å². The molecule has 1 fully saturated rings. The monoisotopic (exact) mass is 272 g/mol. The minimum atomic E-state index is -0.211. The summed E-state index contributed by atoms with van der Waals surface area (Å²) < 4.78 is 11.1. The van der Waals surface area contributed by atoms with Crippen molar-refractivity contribution in [1.29, 1.82) is 0 Å². The van der Waals surface area contributed by atoms with Crippen LogP contribution in [0.15, 0.2) is 41.5 Å². The summed E-state index contributed by atoms with van der Waals surface area (Å²) in [7, 11) is 0. The van der Waals surface area contributed by atoms with Gasteiger partial charge in [-0.15, -0.1) is 0 Å². The van der Waals surface area contributed by atoms with Crippen LogP contribution in [0, 0.1) is 5.41 Å². The Balaban J connectivity index is 1.72. The lowest BCUT2D eigenvalue weighted by Crippen LogP contribution is -2.31. The molecule has 0 bridgehead atoms. The maximum atomic E-state index is 12.3. The highest BCUT2D eigenvalue weighted by Crippen LogP contribution is 2.46. The van der Waals surface area contributed by atoms with E-state index in [0.29, 0.717) is 13.2 Å². The molecule has 1 aromatic carbocycles. The third-order valence-corrected chi connectivity index (χ3v) is 4.37. The molecule has 1 saturated carbocycles. The highest BCUT2D eigenvalue weighted by molar-refractivity contribution is 5.90. The minimum absolute atomic E-state index is 0.0549. The molecule has 2 aliphatic rings. The Morgan fingerprint density at radius 3 is 2.95 bits per heavy atom. The summed E-state index contributed by atoms with van der Waals surface area (Å²) in [4.78, 5) is 12.3. The van der Waals surface area contributed by atoms with Crippen molar-refractivity contribution in [2.24, 2.45) is 5.41 Å². The molecule has 1 aliphatic heterocycles. The van der Waals surface area contributed by atoms with Gasteiger partial charge in [0.25, 0.3) is 0 Å². The fraction of sp³-hybridized carbons (Fsp3) is 0.471. The van der Waals surface area contributed by atoms with Crippen molar-refractivity contribution in [2.45, 2.75) is 32.8 Å². The van der Waals surface area contributed by atoms with Crippen LogP contribution < -0.4 is 0 Å². The Labute approximate surface area is 119 Å². The first kappa shape index (κ1) is 13.4. The van der Waals surface area contributed by atoms with E-state index in [2.05, 4.69) is 6.92 Å². The van der Waals surface area contributed by atoms with Gasteiger partial charge in [0.05, 0.1) is 18.8 Å². The van der Waals surface area contributed by atoms with Gasteiger partial charge in [-0.2, -0.15) is 0 Å². The van der Waals surface area contributed by atoms with Crippen LogP contribution in [-0.2, 0) is 20.9 Å². The molecule has 1 aromatic rings. The molecule has 1 heterocycles. The molecule has 0 aromatic heterocycles. The number of benzene rings is 1. The largest absolute Gasteiger partial charge is 0.457 e. The van der Waals surface area contributed by atoms with E-state index in [-0.39, 0.29) is 11.4 Å². The van der Waals surface area contributed by atoms with Gasteiger partial charge in [0, 0.05) is 5.41 Å². The lowest BCUT2D eigenvalue weighted by molar-refractivity contribution is -0.141. The van der Waals surface area contributed by atoms with Gasteiger partial charge in [-0.1, -0.05) is 37.3 Å². The summed E-state index contributed by atoms with van der Waals surface area (Å²) in [5.41, 5.74) is 3.09. The molecular weight excluding hydrogens is 252 g/mol. The molecule has 20 heavy (non-hydrogen) atoms. The number of hydrogen-bond donors (Lipinski definition) is 0. The van der Waals surface area contributed by atoms with E-state index in [0.717, 1.165) is 37.0 Å². The first-order chi connectivity index (χ1) is 9.69. The first-order valence-electron chi connectivity index (χ1n) is 7.20. The molecule has 1 atom stereocenters. The van der Waals surface area contributed by atoms with Gasteiger partial charge in [0.15, 0.2) is 0 Å². The standard InChI is InChI=1S/C17H20O3/c1-17-9-5-8-15(17)14(11-19-12-17)16(18)20-10-13-6-3-2-4-7-13/h2-4,6-7H,5,8-12H2,1H3. The van der Waals surface area contributed by atoms with Gasteiger partial charge in [-0.25, -0.2) is 4.79 Å². The van der Waals surface area contributed by atoms with E-state index in [9.17, 15) is 4.79 Å². The van der Waals surface area contributed by atoms with E-state index in [4.69, 9.17) is 9.47 Å². The molecule has 0 saturated heterocycles. The topological polar surface area (TPSA) is 35.5 Å². The lowest BCUT2D eigenvalue weighted by atomic mass is 9.81. The number of esters is 1. The molecule has 0 amide bonds. The molecule has 3 heteroatoms. The van der Waals surface area contributed by atoms with Crippen LogP contribution in [0.5, 0.6) is 0 Å². The highest BCUT2D eigenvalue weighted by atomic mass is 16.5. The molecule has 106 valence electrons. The third-order valence-electron chi connectivity index (χ3n) is 4.37. The summed E-state index contributed by atoms with van der Waals surface area (Å²) in [6.45, 7) is 3.66. The van der Waals surface area contributed by atoms with E-state index >= 15 is 0 Å². The molecule has 0 N–H and O–H groups in total. The predicted molar refractivity (Wildman–Crippen MR) is 76.0 cm³/mol. The van der Waals surface area contributed by atoms with Crippen LogP contribution >= 0.6 is 0 Å². The van der Waals surface area contributed by atoms with E-state index in [1.165, 1.54) is 5.57 Å². The van der Waals surface area contributed by atoms with Crippen molar-refractivity contribution in [3.8, 4) is 0 Å². The quantitative estimate of drug-likeness (QED) is 0.792. The molecule has 0 radical (unpaired) electrons. The molecule has 3 nitrogen and oxygen atoms in total. The van der Waals surface area contributed by atoms with Crippen LogP contribution in [0.2, 0.25) is 0 Å². The fourth-order valence-corrected chi connectivity index (χ4v) is 3.24. The van der Waals surface area contributed by atoms with Crippen molar-refractivity contribution in [3.05, 3.63) is 47.0 Å². The van der Waals surface area contributed by atoms with Gasteiger partial charge in [0.1, 0.15) is 6.61 Å². The van der Waals surface area contributed by atoms with Crippen LogP contribution in [0.25, 0.3) is 0 Å². The smallest absolute Gasteiger partial charge is 0.336 e. The zero-order valence-electron chi connectivity index (χ0n) is 11.9. The number of carbonyl (C=O) groups is 1. The van der Waals surface area contributed by atoms with Crippen molar-refractivity contribution in [1.82, 2.24) is 0 Å². The molecule has 1 unspecified atom stereocenters. The average Bonchev–Trinajstić information content (AvgIpc) is 2.87. The zero-order chi connectivity index (χ0) is 14.0. The molecule has 1 aliphatic carbocycles. The Bertz CT molecular complexity index is 532. The third kappa shape index (κ3) is 2.50. The average molecular weight is 272 g/mol. The van der Waals surface area contributed by atoms with Crippen LogP contribution in [0.3, 0.4) is 0 Å². The van der Waals surface area contributed by atoms with Crippen molar-refractivity contribution in [2.75, 3.05) is 13.2 Å². The minimum Gasteiger partial charge on any atom is -0.457 e. The molecular formula is C17H20O3. The number of carbonyl (C=O) groups excluding carboxylic acids is 1. The summed E-state index contributed by atoms with van der Waals surface area (Å²) in [5, 5.41) is 0. The van der Waals surface area contributed by atoms with Gasteiger partial charge in [-0.05, 0) is 30.4 Å². The Kier molecular flexibility index (Phi) is 3.62.